The Morgan fingerprint density at radius 1 is 1.41 bits per heavy atom. The van der Waals surface area contributed by atoms with Crippen molar-refractivity contribution in [2.75, 3.05) is 13.2 Å². The van der Waals surface area contributed by atoms with E-state index in [1.807, 2.05) is 32.9 Å². The first-order valence-electron chi connectivity index (χ1n) is 7.51. The molecule has 0 bridgehead atoms. The van der Waals surface area contributed by atoms with Crippen LogP contribution in [-0.4, -0.2) is 30.0 Å². The maximum Gasteiger partial charge on any atom is 0.407 e. The highest BCUT2D eigenvalue weighted by Gasteiger charge is 2.31. The maximum atomic E-state index is 11.8. The minimum Gasteiger partial charge on any atom is -0.444 e. The molecule has 1 amide bonds. The molecule has 0 spiro atoms. The van der Waals surface area contributed by atoms with Crippen LogP contribution in [0.4, 0.5) is 4.79 Å². The van der Waals surface area contributed by atoms with Crippen molar-refractivity contribution in [3.05, 3.63) is 21.3 Å². The smallest absolute Gasteiger partial charge is 0.407 e. The molecule has 1 atom stereocenters. The van der Waals surface area contributed by atoms with Crippen LogP contribution in [0, 0.1) is 5.41 Å². The molecule has 1 aromatic heterocycles. The molecule has 0 aliphatic heterocycles. The second kappa shape index (κ2) is 8.18. The lowest BCUT2D eigenvalue weighted by Crippen LogP contribution is -2.43. The quantitative estimate of drug-likeness (QED) is 0.775. The predicted octanol–water partition coefficient (Wildman–Crippen LogP) is 4.25. The second-order valence-corrected chi connectivity index (χ2v) is 8.45. The van der Waals surface area contributed by atoms with E-state index in [-0.39, 0.29) is 12.0 Å². The van der Waals surface area contributed by atoms with Crippen molar-refractivity contribution in [1.29, 1.82) is 0 Å². The van der Waals surface area contributed by atoms with Gasteiger partial charge in [0, 0.05) is 16.8 Å². The van der Waals surface area contributed by atoms with Gasteiger partial charge < -0.3 is 15.2 Å². The molecule has 0 saturated carbocycles. The lowest BCUT2D eigenvalue weighted by molar-refractivity contribution is 0.0456. The molecule has 126 valence electrons. The molecular weight excluding hydrogens is 322 g/mol. The minimum atomic E-state index is -0.530. The Balaban J connectivity index is 2.72. The molecule has 0 radical (unpaired) electrons. The van der Waals surface area contributed by atoms with Gasteiger partial charge in [-0.05, 0) is 45.7 Å². The molecule has 0 saturated heterocycles. The lowest BCUT2D eigenvalue weighted by Gasteiger charge is -2.32. The van der Waals surface area contributed by atoms with Crippen molar-refractivity contribution in [2.24, 2.45) is 5.41 Å². The summed E-state index contributed by atoms with van der Waals surface area (Å²) in [7, 11) is 0. The number of rotatable bonds is 7. The largest absolute Gasteiger partial charge is 0.444 e. The third kappa shape index (κ3) is 6.55. The molecule has 1 unspecified atom stereocenters. The fraction of sp³-hybridized carbons (Fsp3) is 0.688. The lowest BCUT2D eigenvalue weighted by atomic mass is 9.80. The van der Waals surface area contributed by atoms with E-state index in [0.29, 0.717) is 13.0 Å². The van der Waals surface area contributed by atoms with Crippen LogP contribution in [0.1, 0.15) is 45.4 Å². The van der Waals surface area contributed by atoms with E-state index in [9.17, 15) is 9.90 Å². The molecule has 0 aliphatic rings. The number of carbonyl (C=O) groups is 1. The van der Waals surface area contributed by atoms with Crippen LogP contribution in [0.5, 0.6) is 0 Å². The second-order valence-electron chi connectivity index (χ2n) is 6.65. The highest BCUT2D eigenvalue weighted by atomic mass is 35.5. The van der Waals surface area contributed by atoms with Gasteiger partial charge in [-0.2, -0.15) is 0 Å². The number of aliphatic hydroxyl groups excluding tert-OH is 1. The average Bonchev–Trinajstić information content (AvgIpc) is 2.79. The summed E-state index contributed by atoms with van der Waals surface area (Å²) < 4.78 is 5.99. The summed E-state index contributed by atoms with van der Waals surface area (Å²) in [5.41, 5.74) is -0.919. The minimum absolute atomic E-state index is 0.00611. The molecule has 0 aliphatic carbocycles. The maximum absolute atomic E-state index is 11.8. The Hall–Kier alpha value is -0.780. The number of alkyl carbamates (subject to hydrolysis) is 1. The molecule has 0 aromatic carbocycles. The van der Waals surface area contributed by atoms with E-state index < -0.39 is 11.7 Å². The number of carbonyl (C=O) groups excluding carboxylic acids is 1. The third-order valence-electron chi connectivity index (χ3n) is 3.30. The van der Waals surface area contributed by atoms with Crippen molar-refractivity contribution >= 4 is 29.0 Å². The molecule has 1 aromatic rings. The standard InChI is InChI=1S/C16H26ClNO3S/c1-5-8-16(11-19,9-12-6-7-13(17)22-12)10-18-14(20)21-15(2,3)4/h6-7,19H,5,8-11H2,1-4H3,(H,18,20). The fourth-order valence-electron chi connectivity index (χ4n) is 2.35. The van der Waals surface area contributed by atoms with Crippen LogP contribution in [0.3, 0.4) is 0 Å². The van der Waals surface area contributed by atoms with Gasteiger partial charge in [-0.1, -0.05) is 24.9 Å². The summed E-state index contributed by atoms with van der Waals surface area (Å²) in [6, 6.07) is 3.83. The average molecular weight is 348 g/mol. The zero-order valence-electron chi connectivity index (χ0n) is 13.7. The normalized spacial score (nSPS) is 14.5. The van der Waals surface area contributed by atoms with Crippen LogP contribution < -0.4 is 5.32 Å². The van der Waals surface area contributed by atoms with Gasteiger partial charge in [0.15, 0.2) is 0 Å². The number of halogens is 1. The van der Waals surface area contributed by atoms with Gasteiger partial charge >= 0.3 is 6.09 Å². The monoisotopic (exact) mass is 347 g/mol. The topological polar surface area (TPSA) is 58.6 Å². The number of amides is 1. The van der Waals surface area contributed by atoms with Crippen molar-refractivity contribution in [1.82, 2.24) is 5.32 Å². The highest BCUT2D eigenvalue weighted by Crippen LogP contribution is 2.32. The molecule has 1 heterocycles. The van der Waals surface area contributed by atoms with Gasteiger partial charge in [-0.25, -0.2) is 4.79 Å². The Labute approximate surface area is 141 Å². The van der Waals surface area contributed by atoms with Crippen molar-refractivity contribution in [2.45, 2.75) is 52.6 Å². The molecule has 6 heteroatoms. The van der Waals surface area contributed by atoms with Crippen LogP contribution in [-0.2, 0) is 11.2 Å². The molecule has 0 fully saturated rings. The summed E-state index contributed by atoms with van der Waals surface area (Å²) >= 11 is 7.49. The van der Waals surface area contributed by atoms with Gasteiger partial charge in [0.05, 0.1) is 10.9 Å². The van der Waals surface area contributed by atoms with Crippen LogP contribution in [0.25, 0.3) is 0 Å². The van der Waals surface area contributed by atoms with E-state index in [4.69, 9.17) is 16.3 Å². The number of hydrogen-bond acceptors (Lipinski definition) is 4. The van der Waals surface area contributed by atoms with Crippen molar-refractivity contribution < 1.29 is 14.6 Å². The van der Waals surface area contributed by atoms with Gasteiger partial charge in [0.2, 0.25) is 0 Å². The summed E-state index contributed by atoms with van der Waals surface area (Å²) in [5, 5.41) is 12.7. The van der Waals surface area contributed by atoms with E-state index in [1.165, 1.54) is 11.3 Å². The van der Waals surface area contributed by atoms with Crippen LogP contribution in [0.2, 0.25) is 4.34 Å². The van der Waals surface area contributed by atoms with Crippen LogP contribution in [0.15, 0.2) is 12.1 Å². The van der Waals surface area contributed by atoms with E-state index in [1.54, 1.807) is 0 Å². The van der Waals surface area contributed by atoms with Gasteiger partial charge in [-0.3, -0.25) is 0 Å². The number of thiophene rings is 1. The summed E-state index contributed by atoms with van der Waals surface area (Å²) in [4.78, 5) is 13.0. The van der Waals surface area contributed by atoms with Gasteiger partial charge in [0.25, 0.3) is 0 Å². The molecule has 4 nitrogen and oxygen atoms in total. The molecule has 22 heavy (non-hydrogen) atoms. The predicted molar refractivity (Wildman–Crippen MR) is 91.7 cm³/mol. The van der Waals surface area contributed by atoms with Gasteiger partial charge in [-0.15, -0.1) is 11.3 Å². The highest BCUT2D eigenvalue weighted by molar-refractivity contribution is 7.16. The Morgan fingerprint density at radius 2 is 2.09 bits per heavy atom. The van der Waals surface area contributed by atoms with E-state index >= 15 is 0 Å². The summed E-state index contributed by atoms with van der Waals surface area (Å²) in [5.74, 6) is 0. The van der Waals surface area contributed by atoms with Crippen molar-refractivity contribution in [3.8, 4) is 0 Å². The summed E-state index contributed by atoms with van der Waals surface area (Å²) in [6.45, 7) is 7.93. The number of nitrogens with one attached hydrogen (secondary N) is 1. The number of hydrogen-bond donors (Lipinski definition) is 2. The van der Waals surface area contributed by atoms with Crippen molar-refractivity contribution in [3.63, 3.8) is 0 Å². The summed E-state index contributed by atoms with van der Waals surface area (Å²) in [6.07, 6.45) is 1.97. The Morgan fingerprint density at radius 3 is 2.55 bits per heavy atom. The third-order valence-corrected chi connectivity index (χ3v) is 4.53. The zero-order valence-corrected chi connectivity index (χ0v) is 15.3. The molecular formula is C16H26ClNO3S. The molecule has 1 rings (SSSR count). The fourth-order valence-corrected chi connectivity index (χ4v) is 3.61. The van der Waals surface area contributed by atoms with Crippen LogP contribution >= 0.6 is 22.9 Å². The Bertz CT molecular complexity index is 484. The van der Waals surface area contributed by atoms with E-state index in [0.717, 1.165) is 22.1 Å². The molecule has 2 N–H and O–H groups in total. The zero-order chi connectivity index (χ0) is 16.8. The SMILES string of the molecule is CCCC(CO)(CNC(=O)OC(C)(C)C)Cc1ccc(Cl)s1. The number of ether oxygens (including phenoxy) is 1. The first-order valence-corrected chi connectivity index (χ1v) is 8.71. The number of aliphatic hydroxyl groups is 1. The van der Waals surface area contributed by atoms with Gasteiger partial charge in [0.1, 0.15) is 5.60 Å². The first-order chi connectivity index (χ1) is 10.2. The first kappa shape index (κ1) is 19.3. The Kier molecular flexibility index (Phi) is 7.16. The van der Waals surface area contributed by atoms with E-state index in [2.05, 4.69) is 12.2 Å².